The van der Waals surface area contributed by atoms with Crippen molar-refractivity contribution in [1.29, 1.82) is 0 Å². The molecule has 0 unspecified atom stereocenters. The lowest BCUT2D eigenvalue weighted by Gasteiger charge is -2.28. The van der Waals surface area contributed by atoms with Gasteiger partial charge in [0.05, 0.1) is 6.16 Å². The zero-order valence-corrected chi connectivity index (χ0v) is 17.9. The minimum Gasteiger partial charge on any atom is -0.326 e. The normalized spacial score (nSPS) is 11.4. The van der Waals surface area contributed by atoms with Crippen molar-refractivity contribution >= 4 is 34.8 Å². The van der Waals surface area contributed by atoms with Gasteiger partial charge in [-0.25, -0.2) is 0 Å². The first-order valence-corrected chi connectivity index (χ1v) is 12.1. The van der Waals surface area contributed by atoms with Crippen LogP contribution < -0.4 is 21.6 Å². The highest BCUT2D eigenvalue weighted by Gasteiger charge is 2.45. The first kappa shape index (κ1) is 19.9. The van der Waals surface area contributed by atoms with Crippen molar-refractivity contribution in [3.8, 4) is 0 Å². The van der Waals surface area contributed by atoms with E-state index in [0.29, 0.717) is 6.54 Å². The molecule has 0 saturated carbocycles. The Kier molecular flexibility index (Phi) is 6.11. The quantitative estimate of drug-likeness (QED) is 0.424. The lowest BCUT2D eigenvalue weighted by atomic mass is 10.1. The van der Waals surface area contributed by atoms with Gasteiger partial charge in [-0.1, -0.05) is 78.3 Å². The maximum Gasteiger partial charge on any atom is 0.116 e. The Bertz CT molecular complexity index is 969. The Hall–Kier alpha value is -2.44. The van der Waals surface area contributed by atoms with Crippen LogP contribution in [0.25, 0.3) is 0 Å². The summed E-state index contributed by atoms with van der Waals surface area (Å²) in [4.78, 5) is 0. The lowest BCUT2D eigenvalue weighted by Crippen LogP contribution is -2.32. The zero-order valence-electron chi connectivity index (χ0n) is 16.2. The summed E-state index contributed by atoms with van der Waals surface area (Å²) >= 11 is 6.53. The molecule has 0 aliphatic heterocycles. The fourth-order valence-corrected chi connectivity index (χ4v) is 8.41. The number of nitrogens with two attached hydrogens (primary N) is 1. The molecule has 0 fully saturated rings. The minimum absolute atomic E-state index is 0.454. The van der Waals surface area contributed by atoms with E-state index < -0.39 is 7.26 Å². The predicted octanol–water partition coefficient (Wildman–Crippen LogP) is 5.29. The first-order chi connectivity index (χ1) is 14.2. The number of hydrogen-bond acceptors (Lipinski definition) is 1. The molecule has 4 aromatic rings. The fraction of sp³-hybridized carbons (Fsp3) is 0.0769. The monoisotopic (exact) mass is 416 g/mol. The van der Waals surface area contributed by atoms with Crippen molar-refractivity contribution < 1.29 is 0 Å². The number of hydrogen-bond donors (Lipinski definition) is 1. The van der Waals surface area contributed by atoms with Gasteiger partial charge in [0.2, 0.25) is 0 Å². The van der Waals surface area contributed by atoms with Crippen molar-refractivity contribution in [2.75, 3.05) is 0 Å². The summed E-state index contributed by atoms with van der Waals surface area (Å²) in [6, 6.07) is 39.0. The topological polar surface area (TPSA) is 26.0 Å². The predicted molar refractivity (Wildman–Crippen MR) is 128 cm³/mol. The molecule has 29 heavy (non-hydrogen) atoms. The van der Waals surface area contributed by atoms with Gasteiger partial charge in [-0.05, 0) is 53.6 Å². The largest absolute Gasteiger partial charge is 0.326 e. The molecule has 0 spiro atoms. The average Bonchev–Trinajstić information content (AvgIpc) is 2.79. The molecular formula is C26H24ClNP+. The van der Waals surface area contributed by atoms with E-state index in [4.69, 9.17) is 17.3 Å². The molecule has 2 N–H and O–H groups in total. The average molecular weight is 417 g/mol. The minimum atomic E-state index is -1.91. The highest BCUT2D eigenvalue weighted by molar-refractivity contribution is 7.95. The Labute approximate surface area is 178 Å². The highest BCUT2D eigenvalue weighted by atomic mass is 35.5. The van der Waals surface area contributed by atoms with E-state index in [0.717, 1.165) is 16.7 Å². The van der Waals surface area contributed by atoms with Crippen LogP contribution in [0.4, 0.5) is 0 Å². The molecule has 1 nitrogen and oxygen atoms in total. The molecule has 4 aromatic carbocycles. The van der Waals surface area contributed by atoms with Crippen LogP contribution >= 0.6 is 18.9 Å². The summed E-state index contributed by atoms with van der Waals surface area (Å²) in [7, 11) is -1.91. The SMILES string of the molecule is NCc1ccc(C[P+](c2ccccc2)(c2ccccc2)c2ccccc2)cc1Cl. The third-order valence-corrected chi connectivity index (χ3v) is 10.1. The van der Waals surface area contributed by atoms with Crippen LogP contribution in [-0.2, 0) is 12.7 Å². The number of halogens is 1. The van der Waals surface area contributed by atoms with Crippen molar-refractivity contribution in [2.24, 2.45) is 5.73 Å². The van der Waals surface area contributed by atoms with Gasteiger partial charge in [0.1, 0.15) is 23.2 Å². The van der Waals surface area contributed by atoms with Crippen LogP contribution in [0, 0.1) is 0 Å². The van der Waals surface area contributed by atoms with Crippen LogP contribution in [0.2, 0.25) is 5.02 Å². The van der Waals surface area contributed by atoms with Crippen molar-refractivity contribution in [3.05, 3.63) is 125 Å². The van der Waals surface area contributed by atoms with Gasteiger partial charge in [0.15, 0.2) is 0 Å². The molecule has 4 rings (SSSR count). The standard InChI is InChI=1S/C26H24ClNP/c27-26-18-21(16-17-22(26)19-28)20-29(23-10-4-1-5-11-23,24-12-6-2-7-13-24)25-14-8-3-9-15-25/h1-18H,19-20,28H2/q+1. The van der Waals surface area contributed by atoms with Gasteiger partial charge < -0.3 is 5.73 Å². The molecule has 0 heterocycles. The lowest BCUT2D eigenvalue weighted by molar-refractivity contribution is 1.07. The van der Waals surface area contributed by atoms with Crippen LogP contribution in [-0.4, -0.2) is 0 Å². The third-order valence-electron chi connectivity index (χ3n) is 5.35. The molecule has 144 valence electrons. The van der Waals surface area contributed by atoms with E-state index in [9.17, 15) is 0 Å². The zero-order chi connectivity index (χ0) is 20.1. The Morgan fingerprint density at radius 1 is 0.621 bits per heavy atom. The second kappa shape index (κ2) is 8.93. The van der Waals surface area contributed by atoms with Crippen LogP contribution in [0.3, 0.4) is 0 Å². The second-order valence-corrected chi connectivity index (χ2v) is 11.0. The Balaban J connectivity index is 1.96. The smallest absolute Gasteiger partial charge is 0.116 e. The first-order valence-electron chi connectivity index (χ1n) is 9.76. The number of rotatable bonds is 6. The van der Waals surface area contributed by atoms with Gasteiger partial charge in [0, 0.05) is 11.6 Å². The van der Waals surface area contributed by atoms with Crippen LogP contribution in [0.15, 0.2) is 109 Å². The Morgan fingerprint density at radius 3 is 1.45 bits per heavy atom. The molecule has 0 atom stereocenters. The summed E-state index contributed by atoms with van der Waals surface area (Å²) < 4.78 is 0. The highest BCUT2D eigenvalue weighted by Crippen LogP contribution is 2.58. The summed E-state index contributed by atoms with van der Waals surface area (Å²) in [6.07, 6.45) is 0.912. The molecule has 0 amide bonds. The molecule has 0 bridgehead atoms. The fourth-order valence-electron chi connectivity index (χ4n) is 3.90. The molecule has 0 aromatic heterocycles. The molecule has 3 heteroatoms. The van der Waals surface area contributed by atoms with Crippen LogP contribution in [0.5, 0.6) is 0 Å². The summed E-state index contributed by atoms with van der Waals surface area (Å²) in [5.74, 6) is 0. The van der Waals surface area contributed by atoms with Crippen LogP contribution in [0.1, 0.15) is 11.1 Å². The molecule has 0 saturated heterocycles. The van der Waals surface area contributed by atoms with E-state index in [1.165, 1.54) is 21.5 Å². The summed E-state index contributed by atoms with van der Waals surface area (Å²) in [5, 5.41) is 4.86. The molecule has 0 aliphatic rings. The van der Waals surface area contributed by atoms with Crippen molar-refractivity contribution in [3.63, 3.8) is 0 Å². The van der Waals surface area contributed by atoms with Gasteiger partial charge in [-0.3, -0.25) is 0 Å². The van der Waals surface area contributed by atoms with Gasteiger partial charge in [0.25, 0.3) is 0 Å². The number of benzene rings is 4. The van der Waals surface area contributed by atoms with E-state index in [-0.39, 0.29) is 0 Å². The van der Waals surface area contributed by atoms with E-state index in [1.807, 2.05) is 0 Å². The maximum atomic E-state index is 6.53. The summed E-state index contributed by atoms with van der Waals surface area (Å²) in [5.41, 5.74) is 8.04. The third kappa shape index (κ3) is 4.00. The van der Waals surface area contributed by atoms with Gasteiger partial charge in [-0.15, -0.1) is 0 Å². The van der Waals surface area contributed by atoms with Crippen molar-refractivity contribution in [2.45, 2.75) is 12.7 Å². The summed E-state index contributed by atoms with van der Waals surface area (Å²) in [6.45, 7) is 0.454. The maximum absolute atomic E-state index is 6.53. The molecule has 0 radical (unpaired) electrons. The van der Waals surface area contributed by atoms with E-state index in [2.05, 4.69) is 109 Å². The van der Waals surface area contributed by atoms with E-state index >= 15 is 0 Å². The molecular weight excluding hydrogens is 393 g/mol. The Morgan fingerprint density at radius 2 is 1.07 bits per heavy atom. The second-order valence-electron chi connectivity index (χ2n) is 7.10. The van der Waals surface area contributed by atoms with E-state index in [1.54, 1.807) is 0 Å². The van der Waals surface area contributed by atoms with Gasteiger partial charge in [-0.2, -0.15) is 0 Å². The van der Waals surface area contributed by atoms with Crippen molar-refractivity contribution in [1.82, 2.24) is 0 Å². The van der Waals surface area contributed by atoms with Gasteiger partial charge >= 0.3 is 0 Å². The molecule has 0 aliphatic carbocycles.